The Hall–Kier alpha value is -12.5. The molecule has 0 saturated carbocycles. The van der Waals surface area contributed by atoms with Gasteiger partial charge in [0.25, 0.3) is 0 Å². The fourth-order valence-electron chi connectivity index (χ4n) is 9.75. The topological polar surface area (TPSA) is 219 Å². The number of anilines is 4. The number of benzene rings is 12. The van der Waals surface area contributed by atoms with E-state index in [1.807, 2.05) is 24.3 Å². The highest BCUT2D eigenvalue weighted by molar-refractivity contribution is 6.12. The molecule has 0 heterocycles. The van der Waals surface area contributed by atoms with E-state index in [4.69, 9.17) is 46.6 Å². The van der Waals surface area contributed by atoms with Gasteiger partial charge in [0.2, 0.25) is 0 Å². The van der Waals surface area contributed by atoms with Crippen molar-refractivity contribution in [2.24, 2.45) is 0 Å². The highest BCUT2D eigenvalue weighted by atomic mass is 16.5. The fourth-order valence-corrected chi connectivity index (χ4v) is 9.75. The summed E-state index contributed by atoms with van der Waals surface area (Å²) in [5.74, 6) is 4.03. The summed E-state index contributed by atoms with van der Waals surface area (Å²) in [7, 11) is 0. The molecule has 0 fully saturated rings. The summed E-state index contributed by atoms with van der Waals surface area (Å²) >= 11 is 0. The molecule has 13 nitrogen and oxygen atoms in total. The minimum atomic E-state index is -0.302. The standard InChI is InChI=1S/C76H54N4O9/c77-57-19-35-65(36-20-57)85-61-27-9-51(10-28-61)73(81)49-5-1-47(2-6-49)69-43-17-55(75(83)53-13-31-63(32-14-53)87-67-39-23-59(79)24-40-67)45-71(69)89-72-46-56(76(84)54-15-33-64(34-16-54)88-68-41-25-60(80)26-42-68)18-44-70(72)48-3-7-50(8-4-48)74(82)52-11-29-62(30-12-52)86-66-37-21-58(78)22-38-66/h1-46H,77-80H2. The first-order chi connectivity index (χ1) is 43.3. The number of carbonyl (C=O) groups excluding carboxylic acids is 4. The Morgan fingerprint density at radius 2 is 0.382 bits per heavy atom. The van der Waals surface area contributed by atoms with Gasteiger partial charge in [-0.3, -0.25) is 19.2 Å². The second kappa shape index (κ2) is 25.4. The van der Waals surface area contributed by atoms with Crippen molar-refractivity contribution < 1.29 is 42.9 Å². The zero-order chi connectivity index (χ0) is 61.4. The van der Waals surface area contributed by atoms with Crippen LogP contribution in [0.4, 0.5) is 22.7 Å². The van der Waals surface area contributed by atoms with Gasteiger partial charge in [-0.15, -0.1) is 0 Å². The molecule has 432 valence electrons. The molecule has 0 radical (unpaired) electrons. The number of rotatable bonds is 20. The van der Waals surface area contributed by atoms with Crippen LogP contribution < -0.4 is 46.6 Å². The zero-order valence-corrected chi connectivity index (χ0v) is 47.5. The molecule has 8 N–H and O–H groups in total. The predicted octanol–water partition coefficient (Wildman–Crippen LogP) is 17.2. The maximum atomic E-state index is 14.5. The summed E-state index contributed by atoms with van der Waals surface area (Å²) in [6.07, 6.45) is 0. The van der Waals surface area contributed by atoms with E-state index in [1.54, 1.807) is 255 Å². The number of ketones is 4. The lowest BCUT2D eigenvalue weighted by atomic mass is 9.95. The van der Waals surface area contributed by atoms with Gasteiger partial charge in [0.05, 0.1) is 0 Å². The minimum Gasteiger partial charge on any atom is -0.457 e. The van der Waals surface area contributed by atoms with E-state index in [1.165, 1.54) is 0 Å². The molecule has 0 aliphatic heterocycles. The van der Waals surface area contributed by atoms with E-state index in [0.29, 0.717) is 136 Å². The van der Waals surface area contributed by atoms with Crippen molar-refractivity contribution in [1.29, 1.82) is 0 Å². The van der Waals surface area contributed by atoms with Crippen molar-refractivity contribution in [2.45, 2.75) is 0 Å². The molecule has 0 unspecified atom stereocenters. The molecular formula is C76H54N4O9. The second-order valence-electron chi connectivity index (χ2n) is 20.8. The van der Waals surface area contributed by atoms with Crippen LogP contribution in [0.5, 0.6) is 57.5 Å². The molecule has 12 aromatic rings. The fraction of sp³-hybridized carbons (Fsp3) is 0. The maximum absolute atomic E-state index is 14.5. The van der Waals surface area contributed by atoms with Crippen molar-refractivity contribution in [3.8, 4) is 79.7 Å². The summed E-state index contributed by atoms with van der Waals surface area (Å²) < 4.78 is 31.0. The molecule has 12 aromatic carbocycles. The van der Waals surface area contributed by atoms with Crippen LogP contribution in [0, 0.1) is 0 Å². The Morgan fingerprint density at radius 1 is 0.202 bits per heavy atom. The van der Waals surface area contributed by atoms with Crippen LogP contribution in [0.2, 0.25) is 0 Å². The highest BCUT2D eigenvalue weighted by Crippen LogP contribution is 2.41. The number of nitrogen functional groups attached to an aromatic ring is 4. The lowest BCUT2D eigenvalue weighted by Gasteiger charge is -2.18. The molecule has 0 aliphatic rings. The predicted molar refractivity (Wildman–Crippen MR) is 347 cm³/mol. The van der Waals surface area contributed by atoms with Crippen molar-refractivity contribution in [3.05, 3.63) is 324 Å². The van der Waals surface area contributed by atoms with Crippen LogP contribution in [-0.2, 0) is 0 Å². The molecule has 0 bridgehead atoms. The molecule has 0 amide bonds. The molecule has 0 atom stereocenters. The lowest BCUT2D eigenvalue weighted by Crippen LogP contribution is -2.04. The van der Waals surface area contributed by atoms with E-state index in [-0.39, 0.29) is 34.6 Å². The Balaban J connectivity index is 0.881. The number of hydrogen-bond acceptors (Lipinski definition) is 13. The molecule has 0 spiro atoms. The lowest BCUT2D eigenvalue weighted by molar-refractivity contribution is 0.103. The van der Waals surface area contributed by atoms with Gasteiger partial charge in [-0.1, -0.05) is 60.7 Å². The summed E-state index contributed by atoms with van der Waals surface area (Å²) in [5.41, 5.74) is 31.5. The van der Waals surface area contributed by atoms with Crippen molar-refractivity contribution in [3.63, 3.8) is 0 Å². The smallest absolute Gasteiger partial charge is 0.193 e. The first-order valence-corrected chi connectivity index (χ1v) is 28.2. The summed E-state index contributed by atoms with van der Waals surface area (Å²) in [4.78, 5) is 57.0. The Morgan fingerprint density at radius 3 is 0.607 bits per heavy atom. The van der Waals surface area contributed by atoms with Crippen LogP contribution in [0.15, 0.2) is 279 Å². The van der Waals surface area contributed by atoms with Crippen molar-refractivity contribution in [1.82, 2.24) is 0 Å². The van der Waals surface area contributed by atoms with Crippen LogP contribution >= 0.6 is 0 Å². The molecule has 0 aromatic heterocycles. The summed E-state index contributed by atoms with van der Waals surface area (Å²) in [6, 6.07) is 79.9. The van der Waals surface area contributed by atoms with E-state index < -0.39 is 0 Å². The van der Waals surface area contributed by atoms with E-state index in [9.17, 15) is 19.2 Å². The van der Waals surface area contributed by atoms with Gasteiger partial charge < -0.3 is 46.6 Å². The average molecular weight is 1170 g/mol. The van der Waals surface area contributed by atoms with Crippen LogP contribution in [-0.4, -0.2) is 23.1 Å². The minimum absolute atomic E-state index is 0.210. The SMILES string of the molecule is Nc1ccc(Oc2ccc(C(=O)c3ccc(-c4ccc(C(=O)c5ccc(Oc6ccc(N)cc6)cc5)cc4Oc4cc(C(=O)c5ccc(Oc6ccc(N)cc6)cc5)ccc4-c4ccc(C(=O)c5ccc(Oc6ccc(N)cc6)cc5)cc4)cc3)cc2)cc1. The van der Waals surface area contributed by atoms with Gasteiger partial charge in [-0.2, -0.15) is 0 Å². The quantitative estimate of drug-likeness (QED) is 0.0413. The monoisotopic (exact) mass is 1170 g/mol. The molecule has 13 heteroatoms. The van der Waals surface area contributed by atoms with E-state index in [2.05, 4.69) is 0 Å². The van der Waals surface area contributed by atoms with Gasteiger partial charge in [0, 0.05) is 78.4 Å². The van der Waals surface area contributed by atoms with Crippen LogP contribution in [0.1, 0.15) is 63.7 Å². The number of nitrogens with two attached hydrogens (primary N) is 4. The highest BCUT2D eigenvalue weighted by Gasteiger charge is 2.21. The molecule has 0 aliphatic carbocycles. The number of hydrogen-bond donors (Lipinski definition) is 4. The first-order valence-electron chi connectivity index (χ1n) is 28.2. The second-order valence-corrected chi connectivity index (χ2v) is 20.8. The Labute approximate surface area is 512 Å². The number of ether oxygens (including phenoxy) is 5. The van der Waals surface area contributed by atoms with Crippen LogP contribution in [0.25, 0.3) is 22.3 Å². The number of carbonyl (C=O) groups is 4. The summed E-state index contributed by atoms with van der Waals surface area (Å²) in [5, 5.41) is 0. The zero-order valence-electron chi connectivity index (χ0n) is 47.5. The largest absolute Gasteiger partial charge is 0.457 e. The average Bonchev–Trinajstić information content (AvgIpc) is 3.76. The van der Waals surface area contributed by atoms with Crippen molar-refractivity contribution in [2.75, 3.05) is 22.9 Å². The third kappa shape index (κ3) is 13.6. The maximum Gasteiger partial charge on any atom is 0.193 e. The van der Waals surface area contributed by atoms with Crippen LogP contribution in [0.3, 0.4) is 0 Å². The molecule has 89 heavy (non-hydrogen) atoms. The van der Waals surface area contributed by atoms with Crippen molar-refractivity contribution >= 4 is 45.9 Å². The normalized spacial score (nSPS) is 10.8. The third-order valence-electron chi connectivity index (χ3n) is 14.6. The van der Waals surface area contributed by atoms with Gasteiger partial charge in [0.1, 0.15) is 57.5 Å². The van der Waals surface area contributed by atoms with Gasteiger partial charge >= 0.3 is 0 Å². The van der Waals surface area contributed by atoms with E-state index >= 15 is 0 Å². The first kappa shape index (κ1) is 57.0. The van der Waals surface area contributed by atoms with Gasteiger partial charge in [-0.25, -0.2) is 0 Å². The molecule has 0 saturated heterocycles. The van der Waals surface area contributed by atoms with Gasteiger partial charge in [0.15, 0.2) is 23.1 Å². The third-order valence-corrected chi connectivity index (χ3v) is 14.6. The molecule has 12 rings (SSSR count). The van der Waals surface area contributed by atoms with E-state index in [0.717, 1.165) is 0 Å². The Kier molecular flexibility index (Phi) is 16.3. The van der Waals surface area contributed by atoms with Gasteiger partial charge in [-0.05, 0) is 230 Å². The summed E-state index contributed by atoms with van der Waals surface area (Å²) in [6.45, 7) is 0. The Bertz CT molecular complexity index is 4240. The molecular weight excluding hydrogens is 1110 g/mol.